The molecule has 102 valence electrons. The third-order valence-electron chi connectivity index (χ3n) is 2.86. The molecular weight excluding hydrogens is 353 g/mol. The van der Waals surface area contributed by atoms with Gasteiger partial charge in [-0.25, -0.2) is 4.98 Å². The molecular formula is C14H18IN3O. The van der Waals surface area contributed by atoms with E-state index in [1.807, 2.05) is 25.3 Å². The molecule has 0 amide bonds. The quantitative estimate of drug-likeness (QED) is 0.814. The second-order valence-electron chi connectivity index (χ2n) is 4.52. The maximum atomic E-state index is 5.22. The number of benzene rings is 1. The molecule has 19 heavy (non-hydrogen) atoms. The maximum Gasteiger partial charge on any atom is 0.207 e. The van der Waals surface area contributed by atoms with Crippen LogP contribution in [-0.2, 0) is 4.74 Å². The largest absolute Gasteiger partial charge is 0.383 e. The molecule has 2 rings (SSSR count). The van der Waals surface area contributed by atoms with Crippen molar-refractivity contribution in [3.8, 4) is 0 Å². The van der Waals surface area contributed by atoms with Crippen molar-refractivity contribution >= 4 is 34.2 Å². The molecule has 0 aliphatic carbocycles. The summed E-state index contributed by atoms with van der Waals surface area (Å²) in [6.45, 7) is 4.78. The van der Waals surface area contributed by atoms with E-state index < -0.39 is 0 Å². The van der Waals surface area contributed by atoms with Crippen LogP contribution in [0.25, 0.3) is 0 Å². The van der Waals surface area contributed by atoms with E-state index in [-0.39, 0.29) is 6.04 Å². The number of nitrogens with zero attached hydrogens (tertiary/aromatic N) is 2. The fraction of sp³-hybridized carbons (Fsp3) is 0.357. The molecule has 1 heterocycles. The number of anilines is 2. The topological polar surface area (TPSA) is 39.1 Å². The molecule has 0 spiro atoms. The number of aromatic nitrogens is 2. The van der Waals surface area contributed by atoms with E-state index in [1.54, 1.807) is 7.11 Å². The monoisotopic (exact) mass is 371 g/mol. The first-order valence-corrected chi connectivity index (χ1v) is 7.25. The first kappa shape index (κ1) is 14.3. The van der Waals surface area contributed by atoms with Crippen molar-refractivity contribution in [3.63, 3.8) is 0 Å². The molecule has 0 bridgehead atoms. The van der Waals surface area contributed by atoms with E-state index in [9.17, 15) is 0 Å². The first-order chi connectivity index (χ1) is 9.11. The van der Waals surface area contributed by atoms with Gasteiger partial charge < -0.3 is 14.6 Å². The molecule has 0 aliphatic rings. The van der Waals surface area contributed by atoms with Crippen LogP contribution in [0.1, 0.15) is 18.7 Å². The van der Waals surface area contributed by atoms with Gasteiger partial charge in [0.2, 0.25) is 5.95 Å². The minimum atomic E-state index is 0.245. The van der Waals surface area contributed by atoms with E-state index in [1.165, 1.54) is 3.57 Å². The number of hydrogen-bond acceptors (Lipinski definition) is 3. The van der Waals surface area contributed by atoms with Gasteiger partial charge in [-0.2, -0.15) is 0 Å². The average Bonchev–Trinajstić information content (AvgIpc) is 2.74. The lowest BCUT2D eigenvalue weighted by Gasteiger charge is -2.16. The summed E-state index contributed by atoms with van der Waals surface area (Å²) in [5, 5.41) is 3.39. The van der Waals surface area contributed by atoms with Gasteiger partial charge in [-0.15, -0.1) is 0 Å². The Labute approximate surface area is 127 Å². The van der Waals surface area contributed by atoms with Crippen LogP contribution in [0, 0.1) is 10.5 Å². The van der Waals surface area contributed by atoms with Crippen LogP contribution in [-0.4, -0.2) is 23.3 Å². The molecule has 1 atom stereocenters. The number of para-hydroxylation sites is 1. The van der Waals surface area contributed by atoms with Crippen molar-refractivity contribution in [3.05, 3.63) is 39.7 Å². The summed E-state index contributed by atoms with van der Waals surface area (Å²) < 4.78 is 8.50. The van der Waals surface area contributed by atoms with Gasteiger partial charge in [-0.05, 0) is 48.6 Å². The van der Waals surface area contributed by atoms with Gasteiger partial charge in [0.25, 0.3) is 0 Å². The van der Waals surface area contributed by atoms with E-state index >= 15 is 0 Å². The van der Waals surface area contributed by atoms with Crippen LogP contribution in [0.2, 0.25) is 0 Å². The van der Waals surface area contributed by atoms with E-state index in [0.717, 1.165) is 17.3 Å². The van der Waals surface area contributed by atoms with Gasteiger partial charge in [0.05, 0.1) is 24.0 Å². The molecule has 0 radical (unpaired) electrons. The molecule has 5 heteroatoms. The Morgan fingerprint density at radius 3 is 2.84 bits per heavy atom. The number of nitrogens with one attached hydrogen (secondary N) is 1. The summed E-state index contributed by atoms with van der Waals surface area (Å²) in [5.74, 6) is 0.853. The van der Waals surface area contributed by atoms with E-state index in [2.05, 4.69) is 56.5 Å². The van der Waals surface area contributed by atoms with Crippen molar-refractivity contribution in [2.24, 2.45) is 0 Å². The third kappa shape index (κ3) is 3.48. The predicted octanol–water partition coefficient (Wildman–Crippen LogP) is 3.75. The molecule has 4 nitrogen and oxygen atoms in total. The Morgan fingerprint density at radius 1 is 1.42 bits per heavy atom. The molecule has 0 saturated carbocycles. The molecule has 0 aliphatic heterocycles. The highest BCUT2D eigenvalue weighted by atomic mass is 127. The molecule has 1 unspecified atom stereocenters. The van der Waals surface area contributed by atoms with Crippen molar-refractivity contribution < 1.29 is 4.74 Å². The van der Waals surface area contributed by atoms with Crippen LogP contribution >= 0.6 is 22.6 Å². The number of methoxy groups -OCH3 is 1. The summed E-state index contributed by atoms with van der Waals surface area (Å²) in [6, 6.07) is 8.41. The second kappa shape index (κ2) is 6.38. The Morgan fingerprint density at radius 2 is 2.16 bits per heavy atom. The third-order valence-corrected chi connectivity index (χ3v) is 3.80. The highest BCUT2D eigenvalue weighted by Gasteiger charge is 2.12. The highest BCUT2D eigenvalue weighted by molar-refractivity contribution is 14.1. The van der Waals surface area contributed by atoms with Crippen molar-refractivity contribution in [2.75, 3.05) is 19.0 Å². The van der Waals surface area contributed by atoms with Crippen LogP contribution in [0.3, 0.4) is 0 Å². The van der Waals surface area contributed by atoms with Gasteiger partial charge in [0, 0.05) is 16.9 Å². The zero-order valence-electron chi connectivity index (χ0n) is 11.4. The smallest absolute Gasteiger partial charge is 0.207 e. The molecule has 2 aromatic rings. The molecule has 0 fully saturated rings. The van der Waals surface area contributed by atoms with Gasteiger partial charge in [-0.3, -0.25) is 0 Å². The number of ether oxygens (including phenoxy) is 1. The van der Waals surface area contributed by atoms with Gasteiger partial charge in [0.1, 0.15) is 0 Å². The lowest BCUT2D eigenvalue weighted by Crippen LogP contribution is -2.13. The average molecular weight is 371 g/mol. The zero-order valence-corrected chi connectivity index (χ0v) is 13.5. The maximum absolute atomic E-state index is 5.22. The van der Waals surface area contributed by atoms with Crippen molar-refractivity contribution in [1.82, 2.24) is 9.55 Å². The lowest BCUT2D eigenvalue weighted by atomic mass is 10.3. The van der Waals surface area contributed by atoms with Gasteiger partial charge in [-0.1, -0.05) is 12.1 Å². The normalized spacial score (nSPS) is 12.4. The van der Waals surface area contributed by atoms with Crippen LogP contribution in [0.4, 0.5) is 11.6 Å². The Balaban J connectivity index is 2.27. The summed E-state index contributed by atoms with van der Waals surface area (Å²) in [5.41, 5.74) is 2.07. The molecule has 0 saturated heterocycles. The summed E-state index contributed by atoms with van der Waals surface area (Å²) >= 11 is 2.32. The number of imidazole rings is 1. The molecule has 1 aromatic carbocycles. The summed E-state index contributed by atoms with van der Waals surface area (Å²) in [6.07, 6.45) is 2.04. The highest BCUT2D eigenvalue weighted by Crippen LogP contribution is 2.24. The van der Waals surface area contributed by atoms with Crippen LogP contribution in [0.15, 0.2) is 30.5 Å². The Bertz CT molecular complexity index is 553. The van der Waals surface area contributed by atoms with Crippen LogP contribution < -0.4 is 5.32 Å². The summed E-state index contributed by atoms with van der Waals surface area (Å²) in [4.78, 5) is 4.54. The minimum absolute atomic E-state index is 0.245. The molecule has 1 aromatic heterocycles. The van der Waals surface area contributed by atoms with Gasteiger partial charge >= 0.3 is 0 Å². The van der Waals surface area contributed by atoms with Crippen molar-refractivity contribution in [2.45, 2.75) is 19.9 Å². The number of halogens is 1. The first-order valence-electron chi connectivity index (χ1n) is 6.17. The van der Waals surface area contributed by atoms with Crippen LogP contribution in [0.5, 0.6) is 0 Å². The lowest BCUT2D eigenvalue weighted by molar-refractivity contribution is 0.163. The standard InChI is InChI=1S/C14H18IN3O/c1-10-8-18(11(2)9-19-3)14(16-10)17-13-7-5-4-6-12(13)15/h4-8,11H,9H2,1-3H3,(H,16,17). The van der Waals surface area contributed by atoms with E-state index in [0.29, 0.717) is 6.61 Å². The van der Waals surface area contributed by atoms with E-state index in [4.69, 9.17) is 4.74 Å². The SMILES string of the molecule is COCC(C)n1cc(C)nc1Nc1ccccc1I. The second-order valence-corrected chi connectivity index (χ2v) is 5.68. The zero-order chi connectivity index (χ0) is 13.8. The Kier molecular flexibility index (Phi) is 4.81. The van der Waals surface area contributed by atoms with Gasteiger partial charge in [0.15, 0.2) is 0 Å². The minimum Gasteiger partial charge on any atom is -0.383 e. The fourth-order valence-electron chi connectivity index (χ4n) is 1.95. The number of hydrogen-bond donors (Lipinski definition) is 1. The summed E-state index contributed by atoms with van der Waals surface area (Å²) in [7, 11) is 1.72. The fourth-order valence-corrected chi connectivity index (χ4v) is 2.47. The molecule has 1 N–H and O–H groups in total. The number of rotatable bonds is 5. The predicted molar refractivity (Wildman–Crippen MR) is 86.0 cm³/mol. The van der Waals surface area contributed by atoms with Crippen molar-refractivity contribution in [1.29, 1.82) is 0 Å². The Hall–Kier alpha value is -1.08. The number of aryl methyl sites for hydroxylation is 1.